The topological polar surface area (TPSA) is 71.8 Å². The van der Waals surface area contributed by atoms with Crippen LogP contribution in [0.2, 0.25) is 0 Å². The molecule has 7 nitrogen and oxygen atoms in total. The number of fused-ring (bicyclic) bond motifs is 3. The number of rotatable bonds is 5. The number of nitrogens with zero attached hydrogens (tertiary/aromatic N) is 4. The molecule has 1 N–H and O–H groups in total. The molecule has 0 aliphatic carbocycles. The van der Waals surface area contributed by atoms with Gasteiger partial charge in [-0.3, -0.25) is 4.79 Å². The number of amides is 1. The second-order valence-electron chi connectivity index (χ2n) is 7.90. The number of nitrogens with one attached hydrogen (secondary N) is 1. The van der Waals surface area contributed by atoms with Crippen LogP contribution in [0.3, 0.4) is 0 Å². The average Bonchev–Trinajstić information content (AvgIpc) is 3.33. The molecule has 1 atom stereocenters. The van der Waals surface area contributed by atoms with E-state index in [0.29, 0.717) is 18.7 Å². The van der Waals surface area contributed by atoms with Gasteiger partial charge in [-0.25, -0.2) is 9.97 Å². The first-order valence-corrected chi connectivity index (χ1v) is 10.6. The standard InChI is InChI=1S/C24H25N5O2/c1-31-19-10-8-17(9-11-19)15-26-24(30)18-5-3-13-28(16-18)23-21-7-4-14-29(21)20-6-2-12-25-22(20)27-23/h2,4,6-12,14,18H,3,5,13,15-16H2,1H3,(H,26,30). The number of methoxy groups -OCH3 is 1. The van der Waals surface area contributed by atoms with Crippen LogP contribution in [0.4, 0.5) is 5.82 Å². The van der Waals surface area contributed by atoms with E-state index in [4.69, 9.17) is 9.72 Å². The highest BCUT2D eigenvalue weighted by Crippen LogP contribution is 2.28. The zero-order valence-corrected chi connectivity index (χ0v) is 17.5. The minimum atomic E-state index is -0.0664. The number of benzene rings is 1. The van der Waals surface area contributed by atoms with E-state index in [1.54, 1.807) is 13.3 Å². The van der Waals surface area contributed by atoms with Gasteiger partial charge in [-0.05, 0) is 54.8 Å². The molecular weight excluding hydrogens is 390 g/mol. The molecule has 3 aromatic heterocycles. The van der Waals surface area contributed by atoms with Crippen LogP contribution in [0.15, 0.2) is 60.9 Å². The van der Waals surface area contributed by atoms with Crippen molar-refractivity contribution >= 4 is 28.4 Å². The van der Waals surface area contributed by atoms with Crippen LogP contribution >= 0.6 is 0 Å². The largest absolute Gasteiger partial charge is 0.497 e. The Labute approximate surface area is 180 Å². The molecule has 0 spiro atoms. The van der Waals surface area contributed by atoms with Crippen LogP contribution < -0.4 is 15.0 Å². The summed E-state index contributed by atoms with van der Waals surface area (Å²) in [6.45, 7) is 2.05. The molecular formula is C24H25N5O2. The van der Waals surface area contributed by atoms with E-state index in [-0.39, 0.29) is 11.8 Å². The van der Waals surface area contributed by atoms with Crippen molar-refractivity contribution in [1.82, 2.24) is 19.7 Å². The molecule has 7 heteroatoms. The number of carbonyl (C=O) groups excluding carboxylic acids is 1. The van der Waals surface area contributed by atoms with E-state index >= 15 is 0 Å². The molecule has 5 rings (SSSR count). The fourth-order valence-electron chi connectivity index (χ4n) is 4.29. The molecule has 4 heterocycles. The Bertz CT molecular complexity index is 1220. The maximum absolute atomic E-state index is 12.9. The van der Waals surface area contributed by atoms with Crippen LogP contribution in [-0.4, -0.2) is 40.5 Å². The second kappa shape index (κ2) is 8.26. The van der Waals surface area contributed by atoms with Gasteiger partial charge < -0.3 is 19.4 Å². The summed E-state index contributed by atoms with van der Waals surface area (Å²) in [5.41, 5.74) is 3.79. The lowest BCUT2D eigenvalue weighted by atomic mass is 9.97. The lowest BCUT2D eigenvalue weighted by Gasteiger charge is -2.33. The molecule has 158 valence electrons. The van der Waals surface area contributed by atoms with Gasteiger partial charge in [0.25, 0.3) is 0 Å². The van der Waals surface area contributed by atoms with E-state index in [1.165, 1.54) is 0 Å². The Morgan fingerprint density at radius 2 is 2.00 bits per heavy atom. The predicted octanol–water partition coefficient (Wildman–Crippen LogP) is 3.42. The first-order chi connectivity index (χ1) is 15.2. The van der Waals surface area contributed by atoms with Gasteiger partial charge in [0.1, 0.15) is 5.75 Å². The molecule has 1 aromatic carbocycles. The molecule has 4 aromatic rings. The summed E-state index contributed by atoms with van der Waals surface area (Å²) < 4.78 is 7.31. The molecule has 0 saturated carbocycles. The normalized spacial score (nSPS) is 16.5. The van der Waals surface area contributed by atoms with Crippen molar-refractivity contribution in [2.75, 3.05) is 25.1 Å². The smallest absolute Gasteiger partial charge is 0.225 e. The van der Waals surface area contributed by atoms with E-state index in [2.05, 4.69) is 25.7 Å². The minimum Gasteiger partial charge on any atom is -0.497 e. The molecule has 0 bridgehead atoms. The van der Waals surface area contributed by atoms with Crippen molar-refractivity contribution < 1.29 is 9.53 Å². The zero-order valence-electron chi connectivity index (χ0n) is 17.5. The number of ether oxygens (including phenoxy) is 1. The summed E-state index contributed by atoms with van der Waals surface area (Å²) in [6.07, 6.45) is 5.64. The summed E-state index contributed by atoms with van der Waals surface area (Å²) >= 11 is 0. The number of aromatic nitrogens is 3. The number of carbonyl (C=O) groups is 1. The van der Waals surface area contributed by atoms with Crippen LogP contribution in [0, 0.1) is 5.92 Å². The summed E-state index contributed by atoms with van der Waals surface area (Å²) in [5.74, 6) is 1.73. The lowest BCUT2D eigenvalue weighted by Crippen LogP contribution is -2.43. The van der Waals surface area contributed by atoms with Gasteiger partial charge in [0.05, 0.1) is 24.1 Å². The Hall–Kier alpha value is -3.61. The van der Waals surface area contributed by atoms with Crippen LogP contribution in [-0.2, 0) is 11.3 Å². The van der Waals surface area contributed by atoms with Gasteiger partial charge in [0.15, 0.2) is 11.5 Å². The molecule has 31 heavy (non-hydrogen) atoms. The number of hydrogen-bond donors (Lipinski definition) is 1. The summed E-state index contributed by atoms with van der Waals surface area (Å²) in [7, 11) is 1.65. The maximum atomic E-state index is 12.9. The van der Waals surface area contributed by atoms with E-state index < -0.39 is 0 Å². The number of pyridine rings is 1. The van der Waals surface area contributed by atoms with Crippen molar-refractivity contribution in [3.63, 3.8) is 0 Å². The van der Waals surface area contributed by atoms with Gasteiger partial charge in [-0.1, -0.05) is 12.1 Å². The van der Waals surface area contributed by atoms with E-state index in [0.717, 1.165) is 47.6 Å². The van der Waals surface area contributed by atoms with Crippen molar-refractivity contribution in [2.24, 2.45) is 5.92 Å². The monoisotopic (exact) mass is 415 g/mol. The molecule has 1 aliphatic heterocycles. The molecule has 1 fully saturated rings. The number of hydrogen-bond acceptors (Lipinski definition) is 5. The van der Waals surface area contributed by atoms with Crippen LogP contribution in [0.5, 0.6) is 5.75 Å². The molecule has 1 amide bonds. The van der Waals surface area contributed by atoms with Crippen molar-refractivity contribution in [3.8, 4) is 5.75 Å². The van der Waals surface area contributed by atoms with E-state index in [1.807, 2.05) is 48.7 Å². The first-order valence-electron chi connectivity index (χ1n) is 10.6. The highest BCUT2D eigenvalue weighted by atomic mass is 16.5. The SMILES string of the molecule is COc1ccc(CNC(=O)C2CCCN(c3nc4ncccc4n4cccc34)C2)cc1. The fraction of sp³-hybridized carbons (Fsp3) is 0.292. The number of anilines is 1. The molecule has 1 aliphatic rings. The first kappa shape index (κ1) is 19.4. The minimum absolute atomic E-state index is 0.0664. The third-order valence-corrected chi connectivity index (χ3v) is 5.93. The third kappa shape index (κ3) is 3.79. The predicted molar refractivity (Wildman–Crippen MR) is 120 cm³/mol. The lowest BCUT2D eigenvalue weighted by molar-refractivity contribution is -0.125. The average molecular weight is 415 g/mol. The fourth-order valence-corrected chi connectivity index (χ4v) is 4.29. The van der Waals surface area contributed by atoms with Crippen LogP contribution in [0.1, 0.15) is 18.4 Å². The van der Waals surface area contributed by atoms with Gasteiger partial charge in [-0.15, -0.1) is 0 Å². The van der Waals surface area contributed by atoms with Gasteiger partial charge in [0, 0.05) is 32.0 Å². The highest BCUT2D eigenvalue weighted by molar-refractivity contribution is 5.84. The van der Waals surface area contributed by atoms with Crippen molar-refractivity contribution in [3.05, 3.63) is 66.5 Å². The van der Waals surface area contributed by atoms with E-state index in [9.17, 15) is 4.79 Å². The number of piperidine rings is 1. The van der Waals surface area contributed by atoms with Gasteiger partial charge in [-0.2, -0.15) is 0 Å². The van der Waals surface area contributed by atoms with Crippen LogP contribution in [0.25, 0.3) is 16.7 Å². The summed E-state index contributed by atoms with van der Waals surface area (Å²) in [5, 5.41) is 3.10. The summed E-state index contributed by atoms with van der Waals surface area (Å²) in [6, 6.07) is 15.8. The van der Waals surface area contributed by atoms with Crippen molar-refractivity contribution in [2.45, 2.75) is 19.4 Å². The second-order valence-corrected chi connectivity index (χ2v) is 7.90. The third-order valence-electron chi connectivity index (χ3n) is 5.93. The maximum Gasteiger partial charge on any atom is 0.225 e. The Balaban J connectivity index is 1.33. The molecule has 1 unspecified atom stereocenters. The Kier molecular flexibility index (Phi) is 5.16. The highest BCUT2D eigenvalue weighted by Gasteiger charge is 2.28. The summed E-state index contributed by atoms with van der Waals surface area (Å²) in [4.78, 5) is 24.4. The Morgan fingerprint density at radius 3 is 2.84 bits per heavy atom. The molecule has 1 saturated heterocycles. The molecule has 0 radical (unpaired) electrons. The Morgan fingerprint density at radius 1 is 1.16 bits per heavy atom. The quantitative estimate of drug-likeness (QED) is 0.541. The van der Waals surface area contributed by atoms with Crippen molar-refractivity contribution in [1.29, 1.82) is 0 Å². The van der Waals surface area contributed by atoms with Gasteiger partial charge in [0.2, 0.25) is 5.91 Å². The zero-order chi connectivity index (χ0) is 21.2. The van der Waals surface area contributed by atoms with Gasteiger partial charge >= 0.3 is 0 Å².